The van der Waals surface area contributed by atoms with Crippen LogP contribution < -0.4 is 10.9 Å². The zero-order chi connectivity index (χ0) is 22.3. The topological polar surface area (TPSA) is 84.0 Å². The molecule has 2 N–H and O–H groups in total. The van der Waals surface area contributed by atoms with Crippen LogP contribution in [0.25, 0.3) is 11.4 Å². The van der Waals surface area contributed by atoms with E-state index in [0.29, 0.717) is 17.8 Å². The van der Waals surface area contributed by atoms with Crippen LogP contribution in [0.4, 0.5) is 0 Å². The lowest BCUT2D eigenvalue weighted by molar-refractivity contribution is -0.122. The van der Waals surface area contributed by atoms with Crippen LogP contribution in [0.2, 0.25) is 0 Å². The van der Waals surface area contributed by atoms with Gasteiger partial charge < -0.3 is 0 Å². The molecule has 31 heavy (non-hydrogen) atoms. The van der Waals surface area contributed by atoms with Crippen LogP contribution in [0, 0.1) is 0 Å². The predicted octanol–water partition coefficient (Wildman–Crippen LogP) is 5.39. The predicted molar refractivity (Wildman–Crippen MR) is 124 cm³/mol. The van der Waals surface area contributed by atoms with Gasteiger partial charge in [0.15, 0.2) is 5.82 Å². The van der Waals surface area contributed by atoms with Crippen LogP contribution in [-0.4, -0.2) is 21.8 Å². The van der Waals surface area contributed by atoms with E-state index in [1.54, 1.807) is 12.1 Å². The fourth-order valence-electron chi connectivity index (χ4n) is 3.31. The number of carbonyl (C=O) groups excluding carboxylic acids is 2. The van der Waals surface area contributed by atoms with Crippen molar-refractivity contribution >= 4 is 11.8 Å². The smallest absolute Gasteiger partial charge is 0.269 e. The number of carbonyl (C=O) groups is 2. The van der Waals surface area contributed by atoms with Crippen molar-refractivity contribution in [2.45, 2.75) is 84.5 Å². The Morgan fingerprint density at radius 2 is 1.39 bits per heavy atom. The lowest BCUT2D eigenvalue weighted by Gasteiger charge is -2.08. The van der Waals surface area contributed by atoms with Crippen LogP contribution in [0.3, 0.4) is 0 Å². The molecule has 0 bridgehead atoms. The second-order valence-corrected chi connectivity index (χ2v) is 7.97. The number of hydrogen-bond donors (Lipinski definition) is 2. The van der Waals surface area contributed by atoms with Gasteiger partial charge in [0.25, 0.3) is 5.91 Å². The van der Waals surface area contributed by atoms with Crippen LogP contribution in [0.15, 0.2) is 36.7 Å². The normalized spacial score (nSPS) is 10.6. The van der Waals surface area contributed by atoms with Crippen LogP contribution >= 0.6 is 0 Å². The van der Waals surface area contributed by atoms with Crippen molar-refractivity contribution in [2.24, 2.45) is 0 Å². The SMILES string of the molecule is CCCCCCCc1cnc(-c2ccc(C(=O)NNC(=O)CCCCCC)cc2)nc1. The minimum absolute atomic E-state index is 0.167. The molecule has 0 aliphatic carbocycles. The van der Waals surface area contributed by atoms with Gasteiger partial charge in [-0.3, -0.25) is 20.4 Å². The highest BCUT2D eigenvalue weighted by atomic mass is 16.2. The molecule has 0 unspecified atom stereocenters. The maximum absolute atomic E-state index is 12.2. The largest absolute Gasteiger partial charge is 0.273 e. The number of rotatable bonds is 13. The van der Waals surface area contributed by atoms with Crippen LogP contribution in [0.5, 0.6) is 0 Å². The Kier molecular flexibility index (Phi) is 11.3. The first kappa shape index (κ1) is 24.5. The highest BCUT2D eigenvalue weighted by Gasteiger charge is 2.09. The highest BCUT2D eigenvalue weighted by Crippen LogP contribution is 2.16. The molecule has 0 saturated heterocycles. The van der Waals surface area contributed by atoms with E-state index in [-0.39, 0.29) is 11.8 Å². The summed E-state index contributed by atoms with van der Waals surface area (Å²) in [6.07, 6.45) is 15.6. The van der Waals surface area contributed by atoms with Gasteiger partial charge in [0.1, 0.15) is 0 Å². The summed E-state index contributed by atoms with van der Waals surface area (Å²) in [5, 5.41) is 0. The van der Waals surface area contributed by atoms with Crippen molar-refractivity contribution in [1.29, 1.82) is 0 Å². The molecule has 0 spiro atoms. The summed E-state index contributed by atoms with van der Waals surface area (Å²) in [4.78, 5) is 32.9. The van der Waals surface area contributed by atoms with E-state index in [2.05, 4.69) is 34.7 Å². The Bertz CT molecular complexity index is 788. The van der Waals surface area contributed by atoms with E-state index in [1.807, 2.05) is 24.5 Å². The van der Waals surface area contributed by atoms with Gasteiger partial charge in [-0.2, -0.15) is 0 Å². The number of aryl methyl sites for hydroxylation is 1. The molecule has 0 aliphatic heterocycles. The van der Waals surface area contributed by atoms with Crippen molar-refractivity contribution in [3.05, 3.63) is 47.8 Å². The number of benzene rings is 1. The molecule has 6 heteroatoms. The molecule has 0 saturated carbocycles. The lowest BCUT2D eigenvalue weighted by Crippen LogP contribution is -2.41. The minimum atomic E-state index is -0.340. The molecule has 1 heterocycles. The third kappa shape index (κ3) is 9.28. The minimum Gasteiger partial charge on any atom is -0.273 e. The third-order valence-electron chi connectivity index (χ3n) is 5.25. The van der Waals surface area contributed by atoms with Crippen LogP contribution in [0.1, 0.15) is 94.0 Å². The first-order chi connectivity index (χ1) is 15.1. The summed E-state index contributed by atoms with van der Waals surface area (Å²) < 4.78 is 0. The van der Waals surface area contributed by atoms with Crippen LogP contribution in [-0.2, 0) is 11.2 Å². The van der Waals surface area contributed by atoms with Gasteiger partial charge in [-0.15, -0.1) is 0 Å². The second-order valence-electron chi connectivity index (χ2n) is 7.97. The van der Waals surface area contributed by atoms with Gasteiger partial charge in [0.2, 0.25) is 5.91 Å². The summed E-state index contributed by atoms with van der Waals surface area (Å²) in [6.45, 7) is 4.35. The molecule has 1 aromatic carbocycles. The van der Waals surface area contributed by atoms with Crippen molar-refractivity contribution < 1.29 is 9.59 Å². The van der Waals surface area contributed by atoms with E-state index in [1.165, 1.54) is 32.1 Å². The molecule has 0 radical (unpaired) electrons. The first-order valence-electron chi connectivity index (χ1n) is 11.6. The average Bonchev–Trinajstić information content (AvgIpc) is 2.81. The maximum Gasteiger partial charge on any atom is 0.269 e. The Labute approximate surface area is 186 Å². The van der Waals surface area contributed by atoms with Gasteiger partial charge in [-0.05, 0) is 37.0 Å². The number of amides is 2. The standard InChI is InChI=1S/C25H36N4O2/c1-3-5-7-9-10-12-20-18-26-24(27-19-20)21-14-16-22(17-15-21)25(31)29-28-23(30)13-11-8-6-4-2/h14-19H,3-13H2,1-2H3,(H,28,30)(H,29,31). The Hall–Kier alpha value is -2.76. The van der Waals surface area contributed by atoms with Gasteiger partial charge in [-0.25, -0.2) is 9.97 Å². The number of hydrogen-bond acceptors (Lipinski definition) is 4. The van der Waals surface area contributed by atoms with Crippen molar-refractivity contribution in [2.75, 3.05) is 0 Å². The zero-order valence-corrected chi connectivity index (χ0v) is 19.0. The fraction of sp³-hybridized carbons (Fsp3) is 0.520. The van der Waals surface area contributed by atoms with E-state index < -0.39 is 0 Å². The molecule has 2 aromatic rings. The van der Waals surface area contributed by atoms with Gasteiger partial charge in [0, 0.05) is 29.9 Å². The molecule has 168 valence electrons. The molecule has 6 nitrogen and oxygen atoms in total. The number of nitrogens with one attached hydrogen (secondary N) is 2. The van der Waals surface area contributed by atoms with Crippen molar-refractivity contribution in [1.82, 2.24) is 20.8 Å². The monoisotopic (exact) mass is 424 g/mol. The summed E-state index contributed by atoms with van der Waals surface area (Å²) in [6, 6.07) is 7.06. The van der Waals surface area contributed by atoms with Crippen molar-refractivity contribution in [3.63, 3.8) is 0 Å². The Morgan fingerprint density at radius 1 is 0.774 bits per heavy atom. The van der Waals surface area contributed by atoms with Gasteiger partial charge in [-0.1, -0.05) is 70.9 Å². The molecular weight excluding hydrogens is 388 g/mol. The van der Waals surface area contributed by atoms with Crippen molar-refractivity contribution in [3.8, 4) is 11.4 Å². The summed E-state index contributed by atoms with van der Waals surface area (Å²) in [5.41, 5.74) is 7.42. The van der Waals surface area contributed by atoms with E-state index in [9.17, 15) is 9.59 Å². The lowest BCUT2D eigenvalue weighted by atomic mass is 10.1. The summed E-state index contributed by atoms with van der Waals surface area (Å²) in [7, 11) is 0. The Balaban J connectivity index is 1.78. The molecule has 0 aliphatic rings. The zero-order valence-electron chi connectivity index (χ0n) is 19.0. The van der Waals surface area contributed by atoms with Gasteiger partial charge in [0.05, 0.1) is 0 Å². The molecule has 0 atom stereocenters. The average molecular weight is 425 g/mol. The summed E-state index contributed by atoms with van der Waals surface area (Å²) in [5.74, 6) is 0.134. The molecule has 2 rings (SSSR count). The number of aromatic nitrogens is 2. The molecule has 0 fully saturated rings. The Morgan fingerprint density at radius 3 is 2.03 bits per heavy atom. The van der Waals surface area contributed by atoms with Gasteiger partial charge >= 0.3 is 0 Å². The fourth-order valence-corrected chi connectivity index (χ4v) is 3.31. The first-order valence-corrected chi connectivity index (χ1v) is 11.6. The quantitative estimate of drug-likeness (QED) is 0.334. The molecule has 2 amide bonds. The summed E-state index contributed by atoms with van der Waals surface area (Å²) >= 11 is 0. The second kappa shape index (κ2) is 14.3. The number of unbranched alkanes of at least 4 members (excludes halogenated alkanes) is 7. The van der Waals surface area contributed by atoms with E-state index in [4.69, 9.17) is 0 Å². The third-order valence-corrected chi connectivity index (χ3v) is 5.25. The molecule has 1 aromatic heterocycles. The van der Waals surface area contributed by atoms with E-state index in [0.717, 1.165) is 43.2 Å². The number of hydrazine groups is 1. The van der Waals surface area contributed by atoms with E-state index >= 15 is 0 Å². The maximum atomic E-state index is 12.2. The highest BCUT2D eigenvalue weighted by molar-refractivity contribution is 5.95. The molecular formula is C25H36N4O2. The number of nitrogens with zero attached hydrogens (tertiary/aromatic N) is 2.